The van der Waals surface area contributed by atoms with Crippen LogP contribution < -0.4 is 16.6 Å². The molecule has 0 radical (unpaired) electrons. The first-order valence-corrected chi connectivity index (χ1v) is 10.00. The third-order valence-corrected chi connectivity index (χ3v) is 6.49. The van der Waals surface area contributed by atoms with Crippen molar-refractivity contribution in [3.8, 4) is 0 Å². The molecule has 3 fully saturated rings. The topological polar surface area (TPSA) is 117 Å². The van der Waals surface area contributed by atoms with Crippen LogP contribution in [-0.2, 0) is 9.53 Å². The number of H-pyrrole nitrogens is 1. The van der Waals surface area contributed by atoms with Crippen molar-refractivity contribution in [3.63, 3.8) is 0 Å². The van der Waals surface area contributed by atoms with Crippen molar-refractivity contribution in [1.82, 2.24) is 19.8 Å². The number of aliphatic hydroxyl groups is 1. The van der Waals surface area contributed by atoms with E-state index in [0.717, 1.165) is 19.4 Å². The van der Waals surface area contributed by atoms with Crippen LogP contribution in [0, 0.1) is 0 Å². The maximum absolute atomic E-state index is 12.6. The summed E-state index contributed by atoms with van der Waals surface area (Å²) in [7, 11) is 0. The second-order valence-corrected chi connectivity index (χ2v) is 8.54. The molecule has 4 rings (SSSR count). The minimum atomic E-state index is -1.23. The normalized spacial score (nSPS) is 32.6. The van der Waals surface area contributed by atoms with Crippen LogP contribution in [0.4, 0.5) is 0 Å². The standard InChI is InChI=1S/C19H28N4O5/c1-18(27)12-28-19(11-14(18)23-8-4-15(24)21-17(23)26)5-9-22(10-6-19)16(25)13-3-2-7-20-13/h4,8,13-14,20,27H,2-3,5-7,9-12H2,1H3,(H,21,24,26)/t13-,14-,18-/m0/s1. The molecule has 3 N–H and O–H groups in total. The molecule has 0 unspecified atom stereocenters. The van der Waals surface area contributed by atoms with E-state index in [1.807, 2.05) is 4.90 Å². The summed E-state index contributed by atoms with van der Waals surface area (Å²) in [5, 5.41) is 14.1. The Bertz CT molecular complexity index is 846. The minimum absolute atomic E-state index is 0.0745. The molecule has 0 bridgehead atoms. The summed E-state index contributed by atoms with van der Waals surface area (Å²) in [6, 6.07) is 0.703. The third kappa shape index (κ3) is 3.54. The number of carbonyl (C=O) groups is 1. The summed E-state index contributed by atoms with van der Waals surface area (Å²) < 4.78 is 7.49. The van der Waals surface area contributed by atoms with Crippen LogP contribution in [0.3, 0.4) is 0 Å². The van der Waals surface area contributed by atoms with E-state index in [-0.39, 0.29) is 18.6 Å². The fourth-order valence-electron chi connectivity index (χ4n) is 4.70. The molecule has 4 heterocycles. The summed E-state index contributed by atoms with van der Waals surface area (Å²) in [4.78, 5) is 40.5. The molecule has 1 aromatic rings. The van der Waals surface area contributed by atoms with Gasteiger partial charge in [-0.25, -0.2) is 4.79 Å². The number of likely N-dealkylation sites (tertiary alicyclic amines) is 1. The van der Waals surface area contributed by atoms with Gasteiger partial charge in [-0.05, 0) is 39.2 Å². The molecule has 28 heavy (non-hydrogen) atoms. The van der Waals surface area contributed by atoms with Crippen molar-refractivity contribution in [2.45, 2.75) is 62.3 Å². The van der Waals surface area contributed by atoms with E-state index in [0.29, 0.717) is 32.4 Å². The summed E-state index contributed by atoms with van der Waals surface area (Å²) in [5.74, 6) is 0.156. The lowest BCUT2D eigenvalue weighted by Gasteiger charge is -2.51. The highest BCUT2D eigenvalue weighted by atomic mass is 16.5. The van der Waals surface area contributed by atoms with Gasteiger partial charge in [0, 0.05) is 31.8 Å². The lowest BCUT2D eigenvalue weighted by atomic mass is 9.77. The van der Waals surface area contributed by atoms with Crippen LogP contribution in [0.1, 0.15) is 45.1 Å². The van der Waals surface area contributed by atoms with Gasteiger partial charge in [-0.2, -0.15) is 0 Å². The number of carbonyl (C=O) groups excluding carboxylic acids is 1. The lowest BCUT2D eigenvalue weighted by molar-refractivity contribution is -0.202. The Morgan fingerprint density at radius 3 is 2.71 bits per heavy atom. The van der Waals surface area contributed by atoms with Crippen LogP contribution >= 0.6 is 0 Å². The number of rotatable bonds is 2. The average molecular weight is 392 g/mol. The van der Waals surface area contributed by atoms with Crippen LogP contribution in [0.25, 0.3) is 0 Å². The molecule has 154 valence electrons. The van der Waals surface area contributed by atoms with Gasteiger partial charge in [0.15, 0.2) is 0 Å². The number of nitrogens with zero attached hydrogens (tertiary/aromatic N) is 2. The SMILES string of the molecule is C[C@]1(O)COC2(CCN(C(=O)[C@@H]3CCCN3)CC2)C[C@@H]1n1ccc(=O)[nH]c1=O. The first-order valence-electron chi connectivity index (χ1n) is 10.00. The number of hydrogen-bond acceptors (Lipinski definition) is 6. The summed E-state index contributed by atoms with van der Waals surface area (Å²) in [6.45, 7) is 3.84. The Morgan fingerprint density at radius 2 is 2.07 bits per heavy atom. The minimum Gasteiger partial charge on any atom is -0.386 e. The van der Waals surface area contributed by atoms with E-state index in [1.54, 1.807) is 6.92 Å². The fourth-order valence-corrected chi connectivity index (χ4v) is 4.70. The number of hydrogen-bond donors (Lipinski definition) is 3. The van der Waals surface area contributed by atoms with Crippen molar-refractivity contribution in [3.05, 3.63) is 33.1 Å². The third-order valence-electron chi connectivity index (χ3n) is 6.49. The van der Waals surface area contributed by atoms with Crippen LogP contribution in [-0.4, -0.2) is 68.9 Å². The zero-order valence-corrected chi connectivity index (χ0v) is 16.1. The molecule has 3 aliphatic rings. The van der Waals surface area contributed by atoms with Crippen LogP contribution in [0.5, 0.6) is 0 Å². The highest BCUT2D eigenvalue weighted by Gasteiger charge is 2.50. The maximum Gasteiger partial charge on any atom is 0.328 e. The Kier molecular flexibility index (Phi) is 4.93. The molecule has 3 atom stereocenters. The second-order valence-electron chi connectivity index (χ2n) is 8.54. The molecule has 1 aromatic heterocycles. The molecule has 9 nitrogen and oxygen atoms in total. The number of ether oxygens (including phenoxy) is 1. The lowest BCUT2D eigenvalue weighted by Crippen LogP contribution is -2.59. The van der Waals surface area contributed by atoms with E-state index in [4.69, 9.17) is 4.74 Å². The van der Waals surface area contributed by atoms with Crippen molar-refractivity contribution in [2.75, 3.05) is 26.2 Å². The Hall–Kier alpha value is -1.97. The molecular formula is C19H28N4O5. The highest BCUT2D eigenvalue weighted by Crippen LogP contribution is 2.43. The van der Waals surface area contributed by atoms with Gasteiger partial charge in [0.1, 0.15) is 5.60 Å². The highest BCUT2D eigenvalue weighted by molar-refractivity contribution is 5.82. The average Bonchev–Trinajstić information content (AvgIpc) is 3.19. The van der Waals surface area contributed by atoms with E-state index in [1.165, 1.54) is 16.8 Å². The van der Waals surface area contributed by atoms with Gasteiger partial charge in [0.25, 0.3) is 5.56 Å². The maximum atomic E-state index is 12.6. The van der Waals surface area contributed by atoms with E-state index >= 15 is 0 Å². The monoisotopic (exact) mass is 392 g/mol. The first kappa shape index (κ1) is 19.4. The van der Waals surface area contributed by atoms with Crippen molar-refractivity contribution < 1.29 is 14.6 Å². The molecule has 3 saturated heterocycles. The van der Waals surface area contributed by atoms with Gasteiger partial charge in [-0.15, -0.1) is 0 Å². The zero-order chi connectivity index (χ0) is 19.9. The van der Waals surface area contributed by atoms with Crippen LogP contribution in [0.2, 0.25) is 0 Å². The molecule has 3 aliphatic heterocycles. The van der Waals surface area contributed by atoms with E-state index < -0.39 is 28.5 Å². The quantitative estimate of drug-likeness (QED) is 0.617. The first-order chi connectivity index (χ1) is 13.3. The summed E-state index contributed by atoms with van der Waals surface area (Å²) in [6.07, 6.45) is 5.13. The van der Waals surface area contributed by atoms with Crippen molar-refractivity contribution >= 4 is 5.91 Å². The van der Waals surface area contributed by atoms with Gasteiger partial charge in [-0.3, -0.25) is 19.1 Å². The van der Waals surface area contributed by atoms with Gasteiger partial charge in [0.05, 0.1) is 24.3 Å². The van der Waals surface area contributed by atoms with Gasteiger partial charge in [0.2, 0.25) is 5.91 Å². The smallest absolute Gasteiger partial charge is 0.328 e. The van der Waals surface area contributed by atoms with Gasteiger partial charge < -0.3 is 20.1 Å². The van der Waals surface area contributed by atoms with Gasteiger partial charge >= 0.3 is 5.69 Å². The largest absolute Gasteiger partial charge is 0.386 e. The molecule has 0 aliphatic carbocycles. The number of aromatic nitrogens is 2. The molecule has 1 amide bonds. The van der Waals surface area contributed by atoms with E-state index in [9.17, 15) is 19.5 Å². The number of nitrogens with one attached hydrogen (secondary N) is 2. The molecule has 9 heteroatoms. The number of amides is 1. The molecule has 0 saturated carbocycles. The molecule has 0 aromatic carbocycles. The Labute approximate surface area is 162 Å². The fraction of sp³-hybridized carbons (Fsp3) is 0.737. The van der Waals surface area contributed by atoms with Gasteiger partial charge in [-0.1, -0.05) is 0 Å². The van der Waals surface area contributed by atoms with Crippen LogP contribution in [0.15, 0.2) is 21.9 Å². The van der Waals surface area contributed by atoms with Crippen molar-refractivity contribution in [2.24, 2.45) is 0 Å². The predicted molar refractivity (Wildman–Crippen MR) is 101 cm³/mol. The van der Waals surface area contributed by atoms with Crippen molar-refractivity contribution in [1.29, 1.82) is 0 Å². The molecular weight excluding hydrogens is 364 g/mol. The Balaban J connectivity index is 1.49. The Morgan fingerprint density at radius 1 is 1.32 bits per heavy atom. The predicted octanol–water partition coefficient (Wildman–Crippen LogP) is -0.638. The second kappa shape index (κ2) is 7.13. The summed E-state index contributed by atoms with van der Waals surface area (Å²) in [5.41, 5.74) is -2.71. The number of aromatic amines is 1. The number of piperidine rings is 1. The molecule has 1 spiro atoms. The summed E-state index contributed by atoms with van der Waals surface area (Å²) >= 11 is 0. The van der Waals surface area contributed by atoms with E-state index in [2.05, 4.69) is 10.3 Å². The zero-order valence-electron chi connectivity index (χ0n) is 16.1.